The van der Waals surface area contributed by atoms with E-state index in [4.69, 9.17) is 0 Å². The van der Waals surface area contributed by atoms with E-state index < -0.39 is 0 Å². The van der Waals surface area contributed by atoms with Crippen LogP contribution in [-0.2, 0) is 0 Å². The van der Waals surface area contributed by atoms with Crippen molar-refractivity contribution in [1.82, 2.24) is 20.0 Å². The Morgan fingerprint density at radius 3 is 2.82 bits per heavy atom. The van der Waals surface area contributed by atoms with Crippen molar-refractivity contribution < 1.29 is 4.79 Å². The van der Waals surface area contributed by atoms with Crippen molar-refractivity contribution in [3.05, 3.63) is 23.8 Å². The molecule has 2 aromatic rings. The highest BCUT2D eigenvalue weighted by Crippen LogP contribution is 2.28. The van der Waals surface area contributed by atoms with Crippen molar-refractivity contribution in [3.8, 4) is 0 Å². The van der Waals surface area contributed by atoms with Gasteiger partial charge >= 0.3 is 0 Å². The fraction of sp³-hybridized carbons (Fsp3) is 0.300. The van der Waals surface area contributed by atoms with E-state index >= 15 is 0 Å². The van der Waals surface area contributed by atoms with Crippen molar-refractivity contribution in [2.24, 2.45) is 0 Å². The molecule has 3 rings (SSSR count). The van der Waals surface area contributed by atoms with Crippen LogP contribution in [0, 0.1) is 6.92 Å². The Kier molecular flexibility index (Phi) is 2.93. The first-order valence-electron chi connectivity index (χ1n) is 5.01. The summed E-state index contributed by atoms with van der Waals surface area (Å²) in [5.41, 5.74) is 5.78. The normalized spacial score (nSPS) is 13.2. The van der Waals surface area contributed by atoms with Crippen molar-refractivity contribution >= 4 is 29.7 Å². The highest BCUT2D eigenvalue weighted by atomic mass is 32.1. The number of hydrogen-bond donors (Lipinski definition) is 2. The molecule has 0 fully saturated rings. The van der Waals surface area contributed by atoms with Gasteiger partial charge in [0, 0.05) is 12.7 Å². The third kappa shape index (κ3) is 1.62. The quantitative estimate of drug-likeness (QED) is 0.676. The van der Waals surface area contributed by atoms with Crippen LogP contribution in [0.1, 0.15) is 16.2 Å². The van der Waals surface area contributed by atoms with Crippen LogP contribution in [0.25, 0.3) is 5.52 Å². The molecule has 90 valence electrons. The van der Waals surface area contributed by atoms with Crippen LogP contribution >= 0.6 is 12.6 Å². The number of carbonyl (C=O) groups is 1. The van der Waals surface area contributed by atoms with Crippen LogP contribution in [0.5, 0.6) is 0 Å². The van der Waals surface area contributed by atoms with Crippen molar-refractivity contribution in [3.63, 3.8) is 0 Å². The van der Waals surface area contributed by atoms with E-state index in [0.717, 1.165) is 16.9 Å². The largest absolute Gasteiger partial charge is 0.290 e. The van der Waals surface area contributed by atoms with Gasteiger partial charge in [-0.3, -0.25) is 15.2 Å². The molecule has 6 nitrogen and oxygen atoms in total. The molecule has 0 saturated heterocycles. The van der Waals surface area contributed by atoms with Crippen molar-refractivity contribution in [2.75, 3.05) is 18.3 Å². The highest BCUT2D eigenvalue weighted by molar-refractivity contribution is 7.79. The molecule has 3 heterocycles. The first kappa shape index (κ1) is 11.7. The minimum absolute atomic E-state index is 0.199. The number of hydrogen-bond acceptors (Lipinski definition) is 5. The van der Waals surface area contributed by atoms with E-state index in [0.29, 0.717) is 5.69 Å². The van der Waals surface area contributed by atoms with Gasteiger partial charge in [-0.2, -0.15) is 17.7 Å². The Morgan fingerprint density at radius 2 is 2.12 bits per heavy atom. The molecule has 0 bridgehead atoms. The maximum Gasteiger partial charge on any atom is 0.290 e. The molecule has 1 N–H and O–H groups in total. The first-order valence-corrected chi connectivity index (χ1v) is 5.90. The summed E-state index contributed by atoms with van der Waals surface area (Å²) >= 11 is 3.53. The van der Waals surface area contributed by atoms with E-state index in [2.05, 4.69) is 28.1 Å². The molecule has 1 aliphatic heterocycles. The summed E-state index contributed by atoms with van der Waals surface area (Å²) in [6.07, 6.45) is 3.09. The highest BCUT2D eigenvalue weighted by Gasteiger charge is 2.25. The van der Waals surface area contributed by atoms with Gasteiger partial charge in [-0.05, 0) is 19.2 Å². The fourth-order valence-electron chi connectivity index (χ4n) is 1.87. The van der Waals surface area contributed by atoms with E-state index in [1.807, 2.05) is 13.0 Å². The van der Waals surface area contributed by atoms with Gasteiger partial charge in [0.05, 0.1) is 5.69 Å². The lowest BCUT2D eigenvalue weighted by atomic mass is 10.2. The number of aryl methyl sites for hydroxylation is 1. The van der Waals surface area contributed by atoms with Gasteiger partial charge in [0.2, 0.25) is 0 Å². The average molecular weight is 251 g/mol. The number of anilines is 1. The van der Waals surface area contributed by atoms with E-state index in [9.17, 15) is 4.79 Å². The van der Waals surface area contributed by atoms with Gasteiger partial charge in [0.1, 0.15) is 11.8 Å². The zero-order chi connectivity index (χ0) is 12.6. The summed E-state index contributed by atoms with van der Waals surface area (Å²) < 4.78 is 1.73. The second kappa shape index (κ2) is 4.25. The maximum atomic E-state index is 11.6. The second-order valence-corrected chi connectivity index (χ2v) is 3.54. The lowest BCUT2D eigenvalue weighted by Gasteiger charge is -2.23. The fourth-order valence-corrected chi connectivity index (χ4v) is 1.87. The Morgan fingerprint density at radius 1 is 1.41 bits per heavy atom. The maximum absolute atomic E-state index is 11.6. The molecule has 0 spiro atoms. The van der Waals surface area contributed by atoms with Gasteiger partial charge in [0.25, 0.3) is 5.91 Å². The van der Waals surface area contributed by atoms with Gasteiger partial charge in [0.15, 0.2) is 5.69 Å². The summed E-state index contributed by atoms with van der Waals surface area (Å²) in [6, 6.07) is 1.97. The minimum atomic E-state index is -0.199. The standard InChI is InChI=1S/C9H9N5O.CH4S/c1-5-3-6-8-7(9(15)12-13(6)2)10-4-11-14(5)8;1-2/h3-4H,1-2H3,(H,12,15);2H,1H3. The summed E-state index contributed by atoms with van der Waals surface area (Å²) in [7, 11) is 1.79. The SMILES string of the molecule is CS.Cc1cc2c3c(ncnn13)C(=O)NN2C. The lowest BCUT2D eigenvalue weighted by Crippen LogP contribution is -2.42. The Balaban J connectivity index is 0.000000514. The topological polar surface area (TPSA) is 62.5 Å². The summed E-state index contributed by atoms with van der Waals surface area (Å²) in [4.78, 5) is 15.6. The third-order valence-electron chi connectivity index (χ3n) is 2.56. The average Bonchev–Trinajstić information content (AvgIpc) is 2.68. The monoisotopic (exact) mass is 251 g/mol. The molecule has 1 amide bonds. The van der Waals surface area contributed by atoms with E-state index in [1.165, 1.54) is 6.33 Å². The summed E-state index contributed by atoms with van der Waals surface area (Å²) in [6.45, 7) is 1.94. The van der Waals surface area contributed by atoms with Crippen LogP contribution in [0.3, 0.4) is 0 Å². The molecule has 0 saturated carbocycles. The van der Waals surface area contributed by atoms with Crippen LogP contribution in [-0.4, -0.2) is 33.8 Å². The zero-order valence-corrected chi connectivity index (χ0v) is 10.7. The molecule has 2 aromatic heterocycles. The van der Waals surface area contributed by atoms with Crippen LogP contribution < -0.4 is 10.4 Å². The molecule has 0 aromatic carbocycles. The van der Waals surface area contributed by atoms with Crippen LogP contribution in [0.4, 0.5) is 5.69 Å². The zero-order valence-electron chi connectivity index (χ0n) is 9.80. The molecule has 0 aliphatic carbocycles. The van der Waals surface area contributed by atoms with Gasteiger partial charge in [-0.1, -0.05) is 0 Å². The minimum Gasteiger partial charge on any atom is -0.286 e. The molecule has 7 heteroatoms. The molecule has 0 atom stereocenters. The molecule has 17 heavy (non-hydrogen) atoms. The van der Waals surface area contributed by atoms with Crippen molar-refractivity contribution in [1.29, 1.82) is 0 Å². The molecule has 1 aliphatic rings. The van der Waals surface area contributed by atoms with Crippen molar-refractivity contribution in [2.45, 2.75) is 6.92 Å². The molecule has 0 unspecified atom stereocenters. The first-order chi connectivity index (χ1) is 8.18. The van der Waals surface area contributed by atoms with E-state index in [-0.39, 0.29) is 5.91 Å². The summed E-state index contributed by atoms with van der Waals surface area (Å²) in [5.74, 6) is -0.199. The molecular formula is C10H13N5OS. The predicted octanol–water partition coefficient (Wildman–Crippen LogP) is 0.678. The van der Waals surface area contributed by atoms with Crippen LogP contribution in [0.2, 0.25) is 0 Å². The molecule has 0 radical (unpaired) electrons. The second-order valence-electron chi connectivity index (χ2n) is 3.54. The number of carbonyl (C=O) groups excluding carboxylic acids is 1. The Bertz CT molecular complexity index is 579. The van der Waals surface area contributed by atoms with Gasteiger partial charge in [-0.25, -0.2) is 9.50 Å². The lowest BCUT2D eigenvalue weighted by molar-refractivity contribution is 0.0944. The third-order valence-corrected chi connectivity index (χ3v) is 2.56. The van der Waals surface area contributed by atoms with Gasteiger partial charge < -0.3 is 0 Å². The molecular weight excluding hydrogens is 238 g/mol. The van der Waals surface area contributed by atoms with Gasteiger partial charge in [-0.15, -0.1) is 0 Å². The smallest absolute Gasteiger partial charge is 0.286 e. The summed E-state index contributed by atoms with van der Waals surface area (Å²) in [5, 5.41) is 5.79. The number of aromatic nitrogens is 3. The number of rotatable bonds is 0. The number of nitrogens with one attached hydrogen (secondary N) is 1. The number of amides is 1. The number of nitrogens with zero attached hydrogens (tertiary/aromatic N) is 4. The Hall–Kier alpha value is -1.76. The number of hydrazine groups is 1. The predicted molar refractivity (Wildman–Crippen MR) is 68.5 cm³/mol. The Labute approximate surface area is 104 Å². The number of thiol groups is 1. The van der Waals surface area contributed by atoms with Crippen LogP contribution in [0.15, 0.2) is 12.4 Å². The van der Waals surface area contributed by atoms with E-state index in [1.54, 1.807) is 22.8 Å².